The molecule has 5 heteroatoms. The highest BCUT2D eigenvalue weighted by Crippen LogP contribution is 2.18. The number of carbonyl (C=O) groups is 1. The Labute approximate surface area is 163 Å². The maximum Gasteiger partial charge on any atom is 0.261 e. The van der Waals surface area contributed by atoms with Crippen molar-refractivity contribution in [1.29, 1.82) is 0 Å². The van der Waals surface area contributed by atoms with Crippen LogP contribution < -0.4 is 10.9 Å². The second kappa shape index (κ2) is 7.80. The second-order valence-electron chi connectivity index (χ2n) is 7.26. The van der Waals surface area contributed by atoms with Gasteiger partial charge in [0.1, 0.15) is 5.82 Å². The lowest BCUT2D eigenvalue weighted by atomic mass is 10.1. The Bertz CT molecular complexity index is 1110. The molecule has 4 rings (SSSR count). The first kappa shape index (κ1) is 18.2. The predicted octanol–water partition coefficient (Wildman–Crippen LogP) is 4.08. The van der Waals surface area contributed by atoms with E-state index in [9.17, 15) is 9.59 Å². The van der Waals surface area contributed by atoms with E-state index in [-0.39, 0.29) is 11.5 Å². The third-order valence-corrected chi connectivity index (χ3v) is 5.09. The van der Waals surface area contributed by atoms with Gasteiger partial charge in [-0.25, -0.2) is 4.98 Å². The molecule has 0 aliphatic carbocycles. The molecule has 1 aromatic heterocycles. The van der Waals surface area contributed by atoms with Gasteiger partial charge in [0.2, 0.25) is 5.91 Å². The summed E-state index contributed by atoms with van der Waals surface area (Å²) in [6.45, 7) is 2.74. The number of nitrogens with zero attached hydrogens (tertiary/aromatic N) is 2. The Balaban J connectivity index is 1.57. The molecule has 28 heavy (non-hydrogen) atoms. The number of aryl methyl sites for hydroxylation is 2. The number of fused-ring (bicyclic) bond motifs is 2. The molecular formula is C23H23N3O2. The Hall–Kier alpha value is -3.21. The molecule has 1 aliphatic rings. The first-order valence-electron chi connectivity index (χ1n) is 9.69. The largest absolute Gasteiger partial charge is 0.322 e. The molecule has 0 bridgehead atoms. The minimum absolute atomic E-state index is 0.0202. The van der Waals surface area contributed by atoms with Crippen LogP contribution in [0.15, 0.2) is 53.3 Å². The van der Waals surface area contributed by atoms with E-state index >= 15 is 0 Å². The smallest absolute Gasteiger partial charge is 0.261 e. The van der Waals surface area contributed by atoms with Crippen LogP contribution in [0.3, 0.4) is 0 Å². The molecule has 5 nitrogen and oxygen atoms in total. The molecule has 1 amide bonds. The van der Waals surface area contributed by atoms with E-state index in [1.165, 1.54) is 11.6 Å². The Morgan fingerprint density at radius 2 is 1.93 bits per heavy atom. The summed E-state index contributed by atoms with van der Waals surface area (Å²) in [5.41, 5.74) is 3.40. The third-order valence-electron chi connectivity index (χ3n) is 5.09. The van der Waals surface area contributed by atoms with Crippen molar-refractivity contribution in [2.24, 2.45) is 0 Å². The number of benzene rings is 2. The molecule has 0 atom stereocenters. The molecule has 1 N–H and O–H groups in total. The van der Waals surface area contributed by atoms with Gasteiger partial charge in [0.05, 0.1) is 10.9 Å². The van der Waals surface area contributed by atoms with Crippen LogP contribution in [0.5, 0.6) is 0 Å². The van der Waals surface area contributed by atoms with Gasteiger partial charge < -0.3 is 5.32 Å². The lowest BCUT2D eigenvalue weighted by molar-refractivity contribution is -0.111. The highest BCUT2D eigenvalue weighted by Gasteiger charge is 2.14. The van der Waals surface area contributed by atoms with Crippen LogP contribution in [0, 0.1) is 6.92 Å². The lowest BCUT2D eigenvalue weighted by Crippen LogP contribution is -2.24. The SMILES string of the molecule is Cc1ccc(/C=C/C(=O)Nc2ccc3nc4n(c(=O)c3c2)CCCCC4)cc1. The minimum Gasteiger partial charge on any atom is -0.322 e. The highest BCUT2D eigenvalue weighted by molar-refractivity contribution is 6.02. The molecule has 0 saturated heterocycles. The highest BCUT2D eigenvalue weighted by atomic mass is 16.1. The maximum absolute atomic E-state index is 12.9. The Morgan fingerprint density at radius 1 is 1.11 bits per heavy atom. The van der Waals surface area contributed by atoms with E-state index in [2.05, 4.69) is 10.3 Å². The van der Waals surface area contributed by atoms with Crippen LogP contribution in [0.4, 0.5) is 5.69 Å². The summed E-state index contributed by atoms with van der Waals surface area (Å²) in [5.74, 6) is 0.635. The molecule has 0 unspecified atom stereocenters. The van der Waals surface area contributed by atoms with Crippen molar-refractivity contribution in [2.75, 3.05) is 5.32 Å². The first-order valence-corrected chi connectivity index (χ1v) is 9.69. The van der Waals surface area contributed by atoms with Crippen molar-refractivity contribution in [3.63, 3.8) is 0 Å². The molecule has 2 heterocycles. The number of nitrogens with one attached hydrogen (secondary N) is 1. The summed E-state index contributed by atoms with van der Waals surface area (Å²) in [6, 6.07) is 13.3. The van der Waals surface area contributed by atoms with Gasteiger partial charge in [0, 0.05) is 24.7 Å². The van der Waals surface area contributed by atoms with Crippen LogP contribution >= 0.6 is 0 Å². The fraction of sp³-hybridized carbons (Fsp3) is 0.261. The Kier molecular flexibility index (Phi) is 5.06. The van der Waals surface area contributed by atoms with Crippen LogP contribution in [0.25, 0.3) is 17.0 Å². The monoisotopic (exact) mass is 373 g/mol. The number of anilines is 1. The van der Waals surface area contributed by atoms with Gasteiger partial charge >= 0.3 is 0 Å². The average Bonchev–Trinajstić information content (AvgIpc) is 2.94. The van der Waals surface area contributed by atoms with E-state index in [4.69, 9.17) is 0 Å². The Morgan fingerprint density at radius 3 is 2.75 bits per heavy atom. The predicted molar refractivity (Wildman–Crippen MR) is 112 cm³/mol. The molecule has 2 aromatic carbocycles. The van der Waals surface area contributed by atoms with Crippen molar-refractivity contribution in [2.45, 2.75) is 39.2 Å². The summed E-state index contributed by atoms with van der Waals surface area (Å²) >= 11 is 0. The number of hydrogen-bond donors (Lipinski definition) is 1. The van der Waals surface area contributed by atoms with Crippen molar-refractivity contribution < 1.29 is 4.79 Å². The van der Waals surface area contributed by atoms with Crippen molar-refractivity contribution in [1.82, 2.24) is 9.55 Å². The number of aromatic nitrogens is 2. The second-order valence-corrected chi connectivity index (χ2v) is 7.26. The minimum atomic E-state index is -0.234. The zero-order valence-corrected chi connectivity index (χ0v) is 15.9. The van der Waals surface area contributed by atoms with Gasteiger partial charge in [-0.1, -0.05) is 36.2 Å². The van der Waals surface area contributed by atoms with Gasteiger partial charge in [-0.2, -0.15) is 0 Å². The number of rotatable bonds is 3. The van der Waals surface area contributed by atoms with Crippen molar-refractivity contribution >= 4 is 28.6 Å². The zero-order valence-electron chi connectivity index (χ0n) is 15.9. The average molecular weight is 373 g/mol. The molecule has 142 valence electrons. The van der Waals surface area contributed by atoms with Crippen LogP contribution in [0.1, 0.15) is 36.2 Å². The molecule has 3 aromatic rings. The van der Waals surface area contributed by atoms with Gasteiger partial charge in [0.25, 0.3) is 5.56 Å². The summed E-state index contributed by atoms with van der Waals surface area (Å²) in [7, 11) is 0. The lowest BCUT2D eigenvalue weighted by Gasteiger charge is -2.11. The van der Waals surface area contributed by atoms with Gasteiger partial charge in [-0.05, 0) is 49.6 Å². The van der Waals surface area contributed by atoms with Crippen LogP contribution in [-0.4, -0.2) is 15.5 Å². The quantitative estimate of drug-likeness (QED) is 0.704. The van der Waals surface area contributed by atoms with Crippen LogP contribution in [-0.2, 0) is 17.8 Å². The van der Waals surface area contributed by atoms with Gasteiger partial charge in [-0.3, -0.25) is 14.2 Å². The van der Waals surface area contributed by atoms with Gasteiger partial charge in [-0.15, -0.1) is 0 Å². The molecule has 0 spiro atoms. The molecule has 0 saturated carbocycles. The maximum atomic E-state index is 12.9. The van der Waals surface area contributed by atoms with E-state index < -0.39 is 0 Å². The fourth-order valence-corrected chi connectivity index (χ4v) is 3.53. The molecular weight excluding hydrogens is 350 g/mol. The van der Waals surface area contributed by atoms with Crippen molar-refractivity contribution in [3.05, 3.63) is 75.8 Å². The first-order chi connectivity index (χ1) is 13.6. The molecule has 0 fully saturated rings. The summed E-state index contributed by atoms with van der Waals surface area (Å²) in [4.78, 5) is 29.8. The van der Waals surface area contributed by atoms with Crippen molar-refractivity contribution in [3.8, 4) is 0 Å². The topological polar surface area (TPSA) is 64.0 Å². The zero-order chi connectivity index (χ0) is 19.5. The summed E-state index contributed by atoms with van der Waals surface area (Å²) in [6.07, 6.45) is 7.30. The summed E-state index contributed by atoms with van der Waals surface area (Å²) in [5, 5.41) is 3.38. The number of carbonyl (C=O) groups excluding carboxylic acids is 1. The molecule has 0 radical (unpaired) electrons. The summed E-state index contributed by atoms with van der Waals surface area (Å²) < 4.78 is 1.79. The van der Waals surface area contributed by atoms with E-state index in [0.29, 0.717) is 23.1 Å². The van der Waals surface area contributed by atoms with E-state index in [0.717, 1.165) is 37.1 Å². The normalized spacial score (nSPS) is 14.0. The molecule has 1 aliphatic heterocycles. The van der Waals surface area contributed by atoms with Gasteiger partial charge in [0.15, 0.2) is 0 Å². The van der Waals surface area contributed by atoms with Crippen LogP contribution in [0.2, 0.25) is 0 Å². The van der Waals surface area contributed by atoms with E-state index in [1.807, 2.05) is 37.3 Å². The number of amides is 1. The standard InChI is InChI=1S/C23H23N3O2/c1-16-6-8-17(9-7-16)10-13-22(27)24-18-11-12-20-19(15-18)23(28)26-14-4-2-3-5-21(26)25-20/h6-13,15H,2-5,14H2,1H3,(H,24,27)/b13-10+. The number of hydrogen-bond acceptors (Lipinski definition) is 3. The third kappa shape index (κ3) is 3.88. The van der Waals surface area contributed by atoms with E-state index in [1.54, 1.807) is 22.8 Å². The fourth-order valence-electron chi connectivity index (χ4n) is 3.53.